The van der Waals surface area contributed by atoms with Crippen LogP contribution in [0.4, 0.5) is 0 Å². The molecule has 0 aliphatic heterocycles. The lowest BCUT2D eigenvalue weighted by atomic mass is 10.1. The second-order valence-electron chi connectivity index (χ2n) is 5.12. The first-order valence-corrected chi connectivity index (χ1v) is 7.15. The van der Waals surface area contributed by atoms with Crippen LogP contribution >= 0.6 is 11.6 Å². The number of hydrogen-bond donors (Lipinski definition) is 0. The van der Waals surface area contributed by atoms with Crippen molar-refractivity contribution in [2.75, 3.05) is 6.54 Å². The minimum absolute atomic E-state index is 0.455. The SMILES string of the molecule is CCC(CC)N(Cc1cnc(Cl)cn1)CC(C)C. The molecule has 0 radical (unpaired) electrons. The number of hydrogen-bond acceptors (Lipinski definition) is 3. The van der Waals surface area contributed by atoms with E-state index in [0.29, 0.717) is 17.1 Å². The Labute approximate surface area is 116 Å². The van der Waals surface area contributed by atoms with E-state index < -0.39 is 0 Å². The summed E-state index contributed by atoms with van der Waals surface area (Å²) < 4.78 is 0. The molecule has 3 nitrogen and oxygen atoms in total. The fraction of sp³-hybridized carbons (Fsp3) is 0.714. The summed E-state index contributed by atoms with van der Waals surface area (Å²) >= 11 is 5.76. The van der Waals surface area contributed by atoms with Gasteiger partial charge in [-0.05, 0) is 18.8 Å². The van der Waals surface area contributed by atoms with Gasteiger partial charge in [0.25, 0.3) is 0 Å². The highest BCUT2D eigenvalue weighted by atomic mass is 35.5. The average molecular weight is 270 g/mol. The molecule has 1 aromatic rings. The molecule has 1 rings (SSSR count). The van der Waals surface area contributed by atoms with E-state index in [1.807, 2.05) is 0 Å². The third-order valence-corrected chi connectivity index (χ3v) is 3.29. The molecule has 0 saturated heterocycles. The number of aromatic nitrogens is 2. The fourth-order valence-corrected chi connectivity index (χ4v) is 2.34. The van der Waals surface area contributed by atoms with Crippen LogP contribution in [0.3, 0.4) is 0 Å². The van der Waals surface area contributed by atoms with Crippen molar-refractivity contribution >= 4 is 11.6 Å². The molecule has 0 amide bonds. The second kappa shape index (κ2) is 7.70. The molecule has 0 N–H and O–H groups in total. The minimum atomic E-state index is 0.455. The lowest BCUT2D eigenvalue weighted by molar-refractivity contribution is 0.155. The molecular formula is C14H24ClN3. The van der Waals surface area contributed by atoms with Gasteiger partial charge in [0.1, 0.15) is 5.15 Å². The van der Waals surface area contributed by atoms with E-state index in [-0.39, 0.29) is 0 Å². The highest BCUT2D eigenvalue weighted by molar-refractivity contribution is 6.29. The van der Waals surface area contributed by atoms with Crippen LogP contribution in [0.15, 0.2) is 12.4 Å². The maximum atomic E-state index is 5.76. The number of nitrogens with zero attached hydrogens (tertiary/aromatic N) is 3. The van der Waals surface area contributed by atoms with Crippen LogP contribution in [0.25, 0.3) is 0 Å². The van der Waals surface area contributed by atoms with Crippen molar-refractivity contribution in [3.05, 3.63) is 23.2 Å². The Bertz CT molecular complexity index is 333. The molecule has 0 unspecified atom stereocenters. The smallest absolute Gasteiger partial charge is 0.147 e. The van der Waals surface area contributed by atoms with Crippen LogP contribution < -0.4 is 0 Å². The van der Waals surface area contributed by atoms with Gasteiger partial charge in [-0.25, -0.2) is 4.98 Å². The molecule has 0 atom stereocenters. The molecule has 0 spiro atoms. The Morgan fingerprint density at radius 1 is 1.17 bits per heavy atom. The molecule has 0 bridgehead atoms. The van der Waals surface area contributed by atoms with Crippen molar-refractivity contribution in [1.82, 2.24) is 14.9 Å². The molecule has 4 heteroatoms. The van der Waals surface area contributed by atoms with Crippen LogP contribution in [0.1, 0.15) is 46.2 Å². The normalized spacial score (nSPS) is 11.8. The molecule has 0 aliphatic carbocycles. The minimum Gasteiger partial charge on any atom is -0.294 e. The molecular weight excluding hydrogens is 246 g/mol. The summed E-state index contributed by atoms with van der Waals surface area (Å²) in [4.78, 5) is 10.9. The van der Waals surface area contributed by atoms with Crippen molar-refractivity contribution in [3.63, 3.8) is 0 Å². The maximum Gasteiger partial charge on any atom is 0.147 e. The van der Waals surface area contributed by atoms with Gasteiger partial charge < -0.3 is 0 Å². The zero-order valence-corrected chi connectivity index (χ0v) is 12.6. The summed E-state index contributed by atoms with van der Waals surface area (Å²) in [5, 5.41) is 0.455. The molecule has 1 aromatic heterocycles. The quantitative estimate of drug-likeness (QED) is 0.754. The summed E-state index contributed by atoms with van der Waals surface area (Å²) in [6.45, 7) is 10.9. The summed E-state index contributed by atoms with van der Waals surface area (Å²) in [5.41, 5.74) is 0.993. The Balaban J connectivity index is 2.73. The van der Waals surface area contributed by atoms with Crippen molar-refractivity contribution < 1.29 is 0 Å². The van der Waals surface area contributed by atoms with Gasteiger partial charge in [0.05, 0.1) is 18.1 Å². The standard InChI is InChI=1S/C14H24ClN3/c1-5-13(6-2)18(9-11(3)4)10-12-7-17-14(15)8-16-12/h7-8,11,13H,5-6,9-10H2,1-4H3. The first-order valence-electron chi connectivity index (χ1n) is 6.77. The van der Waals surface area contributed by atoms with Crippen LogP contribution in [0, 0.1) is 5.92 Å². The van der Waals surface area contributed by atoms with Gasteiger partial charge in [-0.2, -0.15) is 0 Å². The van der Waals surface area contributed by atoms with Gasteiger partial charge in [0.15, 0.2) is 0 Å². The molecule has 102 valence electrons. The lowest BCUT2D eigenvalue weighted by Gasteiger charge is -2.31. The van der Waals surface area contributed by atoms with Crippen LogP contribution in [0.5, 0.6) is 0 Å². The number of rotatable bonds is 7. The Hall–Kier alpha value is -0.670. The predicted molar refractivity (Wildman–Crippen MR) is 76.7 cm³/mol. The molecule has 0 aliphatic rings. The van der Waals surface area contributed by atoms with E-state index in [0.717, 1.165) is 18.8 Å². The summed E-state index contributed by atoms with van der Waals surface area (Å²) in [6.07, 6.45) is 5.74. The summed E-state index contributed by atoms with van der Waals surface area (Å²) in [6, 6.07) is 0.616. The van der Waals surface area contributed by atoms with Crippen LogP contribution in [-0.4, -0.2) is 27.5 Å². The second-order valence-corrected chi connectivity index (χ2v) is 5.51. The van der Waals surface area contributed by atoms with Crippen molar-refractivity contribution in [2.24, 2.45) is 5.92 Å². The van der Waals surface area contributed by atoms with Gasteiger partial charge in [-0.1, -0.05) is 39.3 Å². The molecule has 0 fully saturated rings. The average Bonchev–Trinajstić information content (AvgIpc) is 2.33. The van der Waals surface area contributed by atoms with Gasteiger partial charge in [-0.15, -0.1) is 0 Å². The van der Waals surface area contributed by atoms with Gasteiger partial charge in [0, 0.05) is 19.1 Å². The summed E-state index contributed by atoms with van der Waals surface area (Å²) in [7, 11) is 0. The van der Waals surface area contributed by atoms with E-state index in [1.54, 1.807) is 12.4 Å². The third kappa shape index (κ3) is 4.91. The molecule has 1 heterocycles. The Morgan fingerprint density at radius 2 is 1.83 bits per heavy atom. The van der Waals surface area contributed by atoms with E-state index in [4.69, 9.17) is 11.6 Å². The Morgan fingerprint density at radius 3 is 2.28 bits per heavy atom. The van der Waals surface area contributed by atoms with Gasteiger partial charge in [0.2, 0.25) is 0 Å². The molecule has 0 aromatic carbocycles. The first kappa shape index (κ1) is 15.4. The highest BCUT2D eigenvalue weighted by Crippen LogP contribution is 2.15. The number of halogens is 1. The van der Waals surface area contributed by atoms with Crippen LogP contribution in [-0.2, 0) is 6.54 Å². The highest BCUT2D eigenvalue weighted by Gasteiger charge is 2.17. The van der Waals surface area contributed by atoms with Crippen molar-refractivity contribution in [3.8, 4) is 0 Å². The predicted octanol–water partition coefficient (Wildman–Crippen LogP) is 3.78. The fourth-order valence-electron chi connectivity index (χ4n) is 2.25. The topological polar surface area (TPSA) is 29.0 Å². The zero-order chi connectivity index (χ0) is 13.5. The van der Waals surface area contributed by atoms with Gasteiger partial charge in [-0.3, -0.25) is 9.88 Å². The van der Waals surface area contributed by atoms with Crippen LogP contribution in [0.2, 0.25) is 5.15 Å². The van der Waals surface area contributed by atoms with E-state index in [9.17, 15) is 0 Å². The zero-order valence-electron chi connectivity index (χ0n) is 11.9. The van der Waals surface area contributed by atoms with E-state index in [1.165, 1.54) is 12.8 Å². The summed E-state index contributed by atoms with van der Waals surface area (Å²) in [5.74, 6) is 0.658. The van der Waals surface area contributed by atoms with E-state index in [2.05, 4.69) is 42.6 Å². The largest absolute Gasteiger partial charge is 0.294 e. The third-order valence-electron chi connectivity index (χ3n) is 3.10. The Kier molecular flexibility index (Phi) is 6.58. The lowest BCUT2D eigenvalue weighted by Crippen LogP contribution is -2.37. The molecule has 18 heavy (non-hydrogen) atoms. The maximum absolute atomic E-state index is 5.76. The first-order chi connectivity index (χ1) is 8.56. The van der Waals surface area contributed by atoms with Gasteiger partial charge >= 0.3 is 0 Å². The monoisotopic (exact) mass is 269 g/mol. The van der Waals surface area contributed by atoms with Crippen molar-refractivity contribution in [1.29, 1.82) is 0 Å². The van der Waals surface area contributed by atoms with Crippen molar-refractivity contribution in [2.45, 2.75) is 53.1 Å². The molecule has 0 saturated carbocycles. The van der Waals surface area contributed by atoms with E-state index >= 15 is 0 Å².